The van der Waals surface area contributed by atoms with Crippen LogP contribution in [0.4, 0.5) is 5.69 Å². The van der Waals surface area contributed by atoms with Gasteiger partial charge in [0.25, 0.3) is 5.69 Å². The lowest BCUT2D eigenvalue weighted by Gasteiger charge is -2.02. The van der Waals surface area contributed by atoms with Crippen molar-refractivity contribution in [3.8, 4) is 11.1 Å². The molecule has 2 rings (SSSR count). The van der Waals surface area contributed by atoms with Crippen LogP contribution < -0.4 is 5.73 Å². The second-order valence-corrected chi connectivity index (χ2v) is 4.06. The average Bonchev–Trinajstić information content (AvgIpc) is 2.75. The molecule has 0 aliphatic carbocycles. The highest BCUT2D eigenvalue weighted by Gasteiger charge is 2.21. The summed E-state index contributed by atoms with van der Waals surface area (Å²) >= 11 is 11.7. The largest absolute Gasteiger partial charge is 0.372 e. The number of H-pyrrole nitrogens is 1. The first kappa shape index (κ1) is 15.0. The summed E-state index contributed by atoms with van der Waals surface area (Å²) in [6.45, 7) is 0. The lowest BCUT2D eigenvalue weighted by molar-refractivity contribution is -0.384. The van der Waals surface area contributed by atoms with Crippen molar-refractivity contribution in [2.75, 3.05) is 0 Å². The Morgan fingerprint density at radius 1 is 1.21 bits per heavy atom. The SMILES string of the molecule is NC=O.O=[N+]([O-])c1c(Cl)cccc1-c1c[nH]cc1Cl. The highest BCUT2D eigenvalue weighted by atomic mass is 35.5. The van der Waals surface area contributed by atoms with Crippen LogP contribution in [0.5, 0.6) is 0 Å². The van der Waals surface area contributed by atoms with Gasteiger partial charge in [-0.05, 0) is 12.1 Å². The second kappa shape index (κ2) is 6.77. The maximum absolute atomic E-state index is 10.9. The molecule has 100 valence electrons. The summed E-state index contributed by atoms with van der Waals surface area (Å²) in [6.07, 6.45) is 3.41. The Labute approximate surface area is 118 Å². The van der Waals surface area contributed by atoms with Crippen molar-refractivity contribution in [1.82, 2.24) is 4.98 Å². The molecule has 1 aromatic carbocycles. The number of nitro groups is 1. The van der Waals surface area contributed by atoms with Crippen LogP contribution in [0.15, 0.2) is 30.6 Å². The maximum atomic E-state index is 10.9. The molecular formula is C11H9Cl2N3O3. The molecule has 0 saturated heterocycles. The monoisotopic (exact) mass is 301 g/mol. The fraction of sp³-hybridized carbons (Fsp3) is 0. The molecule has 1 aromatic heterocycles. The number of hydrogen-bond acceptors (Lipinski definition) is 3. The normalized spacial score (nSPS) is 9.37. The second-order valence-electron chi connectivity index (χ2n) is 3.25. The van der Waals surface area contributed by atoms with Crippen LogP contribution in [0.3, 0.4) is 0 Å². The van der Waals surface area contributed by atoms with Gasteiger partial charge in [0.05, 0.1) is 15.5 Å². The number of carbonyl (C=O) groups excluding carboxylic acids is 1. The zero-order valence-electron chi connectivity index (χ0n) is 9.47. The van der Waals surface area contributed by atoms with E-state index in [-0.39, 0.29) is 17.1 Å². The molecule has 19 heavy (non-hydrogen) atoms. The first-order valence-electron chi connectivity index (χ1n) is 4.93. The maximum Gasteiger partial charge on any atom is 0.295 e. The molecule has 2 aromatic rings. The van der Waals surface area contributed by atoms with Crippen molar-refractivity contribution in [2.45, 2.75) is 0 Å². The van der Waals surface area contributed by atoms with Crippen LogP contribution >= 0.6 is 23.2 Å². The summed E-state index contributed by atoms with van der Waals surface area (Å²) in [4.78, 5) is 21.8. The van der Waals surface area contributed by atoms with Gasteiger partial charge in [0, 0.05) is 18.0 Å². The molecule has 0 radical (unpaired) electrons. The number of nitrogens with zero attached hydrogens (tertiary/aromatic N) is 1. The Balaban J connectivity index is 0.000000550. The van der Waals surface area contributed by atoms with Crippen molar-refractivity contribution < 1.29 is 9.72 Å². The van der Waals surface area contributed by atoms with Crippen LogP contribution in [0.2, 0.25) is 10.0 Å². The number of primary amides is 1. The van der Waals surface area contributed by atoms with Crippen LogP contribution in [-0.4, -0.2) is 16.3 Å². The molecule has 3 N–H and O–H groups in total. The first-order valence-corrected chi connectivity index (χ1v) is 5.69. The minimum atomic E-state index is -0.513. The summed E-state index contributed by atoms with van der Waals surface area (Å²) < 4.78 is 0. The average molecular weight is 302 g/mol. The molecular weight excluding hydrogens is 293 g/mol. The number of para-hydroxylation sites is 1. The summed E-state index contributed by atoms with van der Waals surface area (Å²) in [5.41, 5.74) is 5.00. The van der Waals surface area contributed by atoms with E-state index in [0.717, 1.165) is 0 Å². The predicted molar refractivity (Wildman–Crippen MR) is 73.2 cm³/mol. The van der Waals surface area contributed by atoms with Gasteiger partial charge < -0.3 is 10.7 Å². The number of carbonyl (C=O) groups is 1. The number of nitrogens with one attached hydrogen (secondary N) is 1. The molecule has 0 fully saturated rings. The summed E-state index contributed by atoms with van der Waals surface area (Å²) in [5.74, 6) is 0. The smallest absolute Gasteiger partial charge is 0.295 e. The Hall–Kier alpha value is -2.05. The molecule has 1 amide bonds. The first-order chi connectivity index (χ1) is 9.02. The van der Waals surface area contributed by atoms with Gasteiger partial charge in [-0.15, -0.1) is 0 Å². The molecule has 0 spiro atoms. The highest BCUT2D eigenvalue weighted by molar-refractivity contribution is 6.35. The number of nitrogens with two attached hydrogens (primary N) is 1. The molecule has 0 unspecified atom stereocenters. The fourth-order valence-electron chi connectivity index (χ4n) is 1.47. The van der Waals surface area contributed by atoms with Crippen LogP contribution in [0.25, 0.3) is 11.1 Å². The van der Waals surface area contributed by atoms with Gasteiger partial charge in [-0.25, -0.2) is 0 Å². The van der Waals surface area contributed by atoms with Crippen molar-refractivity contribution in [3.05, 3.63) is 50.8 Å². The van der Waals surface area contributed by atoms with Crippen LogP contribution in [0, 0.1) is 10.1 Å². The fourth-order valence-corrected chi connectivity index (χ4v) is 1.93. The zero-order valence-corrected chi connectivity index (χ0v) is 11.0. The van der Waals surface area contributed by atoms with Gasteiger partial charge in [-0.1, -0.05) is 29.3 Å². The molecule has 6 nitrogen and oxygen atoms in total. The van der Waals surface area contributed by atoms with Gasteiger partial charge in [-0.2, -0.15) is 0 Å². The van der Waals surface area contributed by atoms with Crippen LogP contribution in [0.1, 0.15) is 0 Å². The molecule has 0 aliphatic rings. The Morgan fingerprint density at radius 3 is 2.32 bits per heavy atom. The van der Waals surface area contributed by atoms with E-state index in [4.69, 9.17) is 28.0 Å². The quantitative estimate of drug-likeness (QED) is 0.506. The number of aromatic amines is 1. The minimum absolute atomic E-state index is 0.0970. The van der Waals surface area contributed by atoms with Crippen molar-refractivity contribution in [2.24, 2.45) is 5.73 Å². The van der Waals surface area contributed by atoms with E-state index in [0.29, 0.717) is 16.1 Å². The highest BCUT2D eigenvalue weighted by Crippen LogP contribution is 2.38. The number of hydrogen-bond donors (Lipinski definition) is 2. The minimum Gasteiger partial charge on any atom is -0.372 e. The van der Waals surface area contributed by atoms with E-state index in [9.17, 15) is 10.1 Å². The van der Waals surface area contributed by atoms with E-state index in [1.807, 2.05) is 0 Å². The number of rotatable bonds is 2. The van der Waals surface area contributed by atoms with Gasteiger partial charge in [0.15, 0.2) is 0 Å². The third kappa shape index (κ3) is 3.46. The van der Waals surface area contributed by atoms with E-state index < -0.39 is 4.92 Å². The summed E-state index contributed by atoms with van der Waals surface area (Å²) in [6, 6.07) is 4.73. The van der Waals surface area contributed by atoms with E-state index in [1.54, 1.807) is 24.5 Å². The topological polar surface area (TPSA) is 102 Å². The third-order valence-electron chi connectivity index (χ3n) is 2.15. The molecule has 0 atom stereocenters. The van der Waals surface area contributed by atoms with E-state index in [2.05, 4.69) is 10.7 Å². The molecule has 0 bridgehead atoms. The van der Waals surface area contributed by atoms with E-state index >= 15 is 0 Å². The summed E-state index contributed by atoms with van der Waals surface area (Å²) in [5, 5.41) is 11.4. The Morgan fingerprint density at radius 2 is 1.84 bits per heavy atom. The molecule has 1 heterocycles. The number of halogens is 2. The van der Waals surface area contributed by atoms with Crippen molar-refractivity contribution in [1.29, 1.82) is 0 Å². The van der Waals surface area contributed by atoms with Gasteiger partial charge in [0.1, 0.15) is 5.02 Å². The lowest BCUT2D eigenvalue weighted by Crippen LogP contribution is -1.92. The number of amides is 1. The molecule has 0 aliphatic heterocycles. The Kier molecular flexibility index (Phi) is 5.35. The zero-order chi connectivity index (χ0) is 14.4. The van der Waals surface area contributed by atoms with Gasteiger partial charge in [-0.3, -0.25) is 14.9 Å². The predicted octanol–water partition coefficient (Wildman–Crippen LogP) is 3.00. The molecule has 8 heteroatoms. The van der Waals surface area contributed by atoms with E-state index in [1.165, 1.54) is 6.07 Å². The Bertz CT molecular complexity index is 599. The third-order valence-corrected chi connectivity index (χ3v) is 2.77. The number of aromatic nitrogens is 1. The number of benzene rings is 1. The molecule has 0 saturated carbocycles. The number of nitro benzene ring substituents is 1. The van der Waals surface area contributed by atoms with Crippen molar-refractivity contribution >= 4 is 35.3 Å². The standard InChI is InChI=1S/C10H6Cl2N2O2.CH3NO/c11-8-3-1-2-6(10(8)14(15)16)7-4-13-5-9(7)12;2-1-3/h1-5,13H;1H,(H2,2,3). The van der Waals surface area contributed by atoms with Crippen LogP contribution in [-0.2, 0) is 4.79 Å². The van der Waals surface area contributed by atoms with Crippen molar-refractivity contribution in [3.63, 3.8) is 0 Å². The van der Waals surface area contributed by atoms with Gasteiger partial charge >= 0.3 is 0 Å². The summed E-state index contributed by atoms with van der Waals surface area (Å²) in [7, 11) is 0. The van der Waals surface area contributed by atoms with Gasteiger partial charge in [0.2, 0.25) is 6.41 Å². The lowest BCUT2D eigenvalue weighted by atomic mass is 10.1.